The lowest BCUT2D eigenvalue weighted by Gasteiger charge is -2.35. The third-order valence-corrected chi connectivity index (χ3v) is 10.7. The summed E-state index contributed by atoms with van der Waals surface area (Å²) in [5.41, 5.74) is 1.83. The fraction of sp³-hybridized carbons (Fsp3) is 0.394. The van der Waals surface area contributed by atoms with Crippen molar-refractivity contribution in [1.82, 2.24) is 19.8 Å². The van der Waals surface area contributed by atoms with Gasteiger partial charge in [-0.15, -0.1) is 11.3 Å². The third kappa shape index (κ3) is 5.48. The second kappa shape index (κ2) is 12.1. The van der Waals surface area contributed by atoms with Crippen molar-refractivity contribution < 1.29 is 35.9 Å². The Balaban J connectivity index is 1.43. The largest absolute Gasteiger partial charge is 0.461 e. The number of ether oxygens (including phenoxy) is 1. The van der Waals surface area contributed by atoms with Gasteiger partial charge in [0.15, 0.2) is 5.82 Å². The van der Waals surface area contributed by atoms with Crippen LogP contribution < -0.4 is 15.4 Å². The summed E-state index contributed by atoms with van der Waals surface area (Å²) in [7, 11) is 0. The standard InChI is InChI=1S/C33H29F6N7O2S/c1-2-23(47)44-8-10-45(11-9-44)30-19-12-21(33(37,38)39)25(18-4-5-22(35)28-24(18)20(14-40)29(41)49-28)26(36)27(19)42-31(43-30)48-16-32-6-3-7-46(32)15-17(34)13-32/h2,4-5,12,17H,1,3,6-11,13,15-16,41H2. The molecule has 16 heteroatoms. The number of alkyl halides is 4. The Morgan fingerprint density at radius 3 is 2.65 bits per heavy atom. The lowest BCUT2D eigenvalue weighted by molar-refractivity contribution is -0.137. The summed E-state index contributed by atoms with van der Waals surface area (Å²) in [6.07, 6.45) is -3.29. The van der Waals surface area contributed by atoms with Crippen LogP contribution in [0.4, 0.5) is 37.2 Å². The SMILES string of the molecule is C=CC(=O)N1CCN(c2nc(OCC34CCCN3CC(F)C4)nc3c(F)c(-c4ccc(F)c5sc(N)c(C#N)c45)c(C(F)(F)F)cc23)CC1. The minimum absolute atomic E-state index is 0.0205. The molecule has 2 unspecified atom stereocenters. The van der Waals surface area contributed by atoms with Crippen LogP contribution >= 0.6 is 11.3 Å². The smallest absolute Gasteiger partial charge is 0.417 e. The van der Waals surface area contributed by atoms with Gasteiger partial charge in [0.1, 0.15) is 41.0 Å². The summed E-state index contributed by atoms with van der Waals surface area (Å²) in [4.78, 5) is 26.1. The molecule has 7 rings (SSSR count). The van der Waals surface area contributed by atoms with Gasteiger partial charge in [-0.3, -0.25) is 9.69 Å². The van der Waals surface area contributed by atoms with Gasteiger partial charge in [0.25, 0.3) is 0 Å². The molecule has 3 aliphatic rings. The Bertz CT molecular complexity index is 2060. The van der Waals surface area contributed by atoms with Gasteiger partial charge >= 0.3 is 12.2 Å². The molecule has 2 N–H and O–H groups in total. The molecular formula is C33H29F6N7O2S. The van der Waals surface area contributed by atoms with Gasteiger partial charge in [0.05, 0.1) is 21.4 Å². The minimum atomic E-state index is -5.11. The summed E-state index contributed by atoms with van der Waals surface area (Å²) in [5, 5.41) is 9.15. The van der Waals surface area contributed by atoms with E-state index >= 15 is 4.39 Å². The molecule has 0 radical (unpaired) electrons. The Kier molecular flexibility index (Phi) is 8.10. The molecule has 2 atom stereocenters. The Labute approximate surface area is 280 Å². The number of anilines is 2. The van der Waals surface area contributed by atoms with Crippen LogP contribution in [0.3, 0.4) is 0 Å². The van der Waals surface area contributed by atoms with Crippen molar-refractivity contribution in [2.75, 3.05) is 56.5 Å². The van der Waals surface area contributed by atoms with Gasteiger partial charge in [-0.1, -0.05) is 12.6 Å². The third-order valence-electron chi connectivity index (χ3n) is 9.69. The van der Waals surface area contributed by atoms with Crippen molar-refractivity contribution in [2.45, 2.75) is 37.1 Å². The normalized spacial score (nSPS) is 21.4. The molecule has 3 saturated heterocycles. The number of benzene rings is 2. The molecule has 4 aromatic rings. The van der Waals surface area contributed by atoms with E-state index in [-0.39, 0.29) is 95.1 Å². The highest BCUT2D eigenvalue weighted by atomic mass is 32.1. The molecule has 2 aromatic carbocycles. The number of amides is 1. The van der Waals surface area contributed by atoms with Crippen molar-refractivity contribution in [1.29, 1.82) is 5.26 Å². The number of aromatic nitrogens is 2. The monoisotopic (exact) mass is 701 g/mol. The van der Waals surface area contributed by atoms with Crippen molar-refractivity contribution >= 4 is 49.1 Å². The van der Waals surface area contributed by atoms with E-state index in [1.165, 1.54) is 4.90 Å². The molecule has 1 amide bonds. The first-order chi connectivity index (χ1) is 23.3. The van der Waals surface area contributed by atoms with Crippen molar-refractivity contribution in [3.05, 3.63) is 53.6 Å². The molecule has 5 heterocycles. The van der Waals surface area contributed by atoms with Gasteiger partial charge in [-0.2, -0.15) is 28.4 Å². The quantitative estimate of drug-likeness (QED) is 0.191. The average Bonchev–Trinajstić information content (AvgIpc) is 3.72. The van der Waals surface area contributed by atoms with E-state index in [1.54, 1.807) is 4.90 Å². The number of carbonyl (C=O) groups excluding carboxylic acids is 1. The van der Waals surface area contributed by atoms with Gasteiger partial charge in [-0.25, -0.2) is 13.2 Å². The molecular weight excluding hydrogens is 672 g/mol. The first-order valence-corrected chi connectivity index (χ1v) is 16.4. The molecule has 0 spiro atoms. The maximum Gasteiger partial charge on any atom is 0.417 e. The van der Waals surface area contributed by atoms with E-state index in [9.17, 15) is 32.0 Å². The summed E-state index contributed by atoms with van der Waals surface area (Å²) in [6, 6.07) is 4.12. The zero-order valence-electron chi connectivity index (χ0n) is 25.9. The predicted octanol–water partition coefficient (Wildman–Crippen LogP) is 6.05. The zero-order valence-corrected chi connectivity index (χ0v) is 26.7. The fourth-order valence-corrected chi connectivity index (χ4v) is 8.36. The number of halogens is 6. The van der Waals surface area contributed by atoms with Crippen LogP contribution in [0.25, 0.3) is 32.1 Å². The van der Waals surface area contributed by atoms with E-state index in [0.717, 1.165) is 30.7 Å². The molecule has 3 fully saturated rings. The van der Waals surface area contributed by atoms with Crippen LogP contribution in [0.1, 0.15) is 30.4 Å². The van der Waals surface area contributed by atoms with Crippen LogP contribution in [-0.4, -0.2) is 83.3 Å². The van der Waals surface area contributed by atoms with E-state index < -0.39 is 46.2 Å². The number of rotatable bonds is 6. The Hall–Kier alpha value is -4.62. The number of nitrogen functional groups attached to an aromatic ring is 1. The molecule has 9 nitrogen and oxygen atoms in total. The van der Waals surface area contributed by atoms with E-state index in [2.05, 4.69) is 16.5 Å². The molecule has 0 bridgehead atoms. The predicted molar refractivity (Wildman–Crippen MR) is 172 cm³/mol. The number of piperazine rings is 1. The number of hydrogen-bond acceptors (Lipinski definition) is 9. The van der Waals surface area contributed by atoms with Gasteiger partial charge in [0, 0.05) is 55.5 Å². The Morgan fingerprint density at radius 1 is 1.20 bits per heavy atom. The second-order valence-corrected chi connectivity index (χ2v) is 13.5. The van der Waals surface area contributed by atoms with E-state index in [4.69, 9.17) is 10.5 Å². The van der Waals surface area contributed by atoms with Crippen LogP contribution in [0.2, 0.25) is 0 Å². The van der Waals surface area contributed by atoms with E-state index in [0.29, 0.717) is 24.3 Å². The average molecular weight is 702 g/mol. The molecule has 0 aliphatic carbocycles. The summed E-state index contributed by atoms with van der Waals surface area (Å²) in [5.74, 6) is -2.57. The highest BCUT2D eigenvalue weighted by molar-refractivity contribution is 7.23. The molecule has 256 valence electrons. The number of fused-ring (bicyclic) bond motifs is 3. The number of nitriles is 1. The summed E-state index contributed by atoms with van der Waals surface area (Å²) in [6.45, 7) is 5.10. The second-order valence-electron chi connectivity index (χ2n) is 12.5. The van der Waals surface area contributed by atoms with Crippen LogP contribution in [-0.2, 0) is 11.0 Å². The Morgan fingerprint density at radius 2 is 1.96 bits per heavy atom. The van der Waals surface area contributed by atoms with Crippen LogP contribution in [0, 0.1) is 23.0 Å². The molecule has 3 aliphatic heterocycles. The van der Waals surface area contributed by atoms with Crippen LogP contribution in [0.15, 0.2) is 30.9 Å². The number of thiophene rings is 1. The maximum absolute atomic E-state index is 17.0. The zero-order chi connectivity index (χ0) is 34.8. The first kappa shape index (κ1) is 32.9. The highest BCUT2D eigenvalue weighted by Crippen LogP contribution is 2.48. The lowest BCUT2D eigenvalue weighted by atomic mass is 9.92. The molecule has 49 heavy (non-hydrogen) atoms. The molecule has 2 aromatic heterocycles. The van der Waals surface area contributed by atoms with E-state index in [1.807, 2.05) is 11.0 Å². The number of nitrogens with two attached hydrogens (primary N) is 1. The van der Waals surface area contributed by atoms with Crippen LogP contribution in [0.5, 0.6) is 6.01 Å². The maximum atomic E-state index is 17.0. The summed E-state index contributed by atoms with van der Waals surface area (Å²) < 4.78 is 96.9. The van der Waals surface area contributed by atoms with Gasteiger partial charge in [-0.05, 0) is 43.2 Å². The van der Waals surface area contributed by atoms with Crippen molar-refractivity contribution in [3.63, 3.8) is 0 Å². The summed E-state index contributed by atoms with van der Waals surface area (Å²) >= 11 is 0.674. The fourth-order valence-electron chi connectivity index (χ4n) is 7.41. The number of carbonyl (C=O) groups is 1. The minimum Gasteiger partial charge on any atom is -0.461 e. The van der Waals surface area contributed by atoms with Gasteiger partial charge in [0.2, 0.25) is 5.91 Å². The number of nitrogens with zero attached hydrogens (tertiary/aromatic N) is 6. The number of hydrogen-bond donors (Lipinski definition) is 1. The highest BCUT2D eigenvalue weighted by Gasteiger charge is 2.49. The van der Waals surface area contributed by atoms with Crippen molar-refractivity contribution in [2.24, 2.45) is 0 Å². The van der Waals surface area contributed by atoms with Gasteiger partial charge < -0.3 is 20.3 Å². The first-order valence-electron chi connectivity index (χ1n) is 15.6. The van der Waals surface area contributed by atoms with Crippen molar-refractivity contribution in [3.8, 4) is 23.2 Å². The lowest BCUT2D eigenvalue weighted by Crippen LogP contribution is -2.48. The molecule has 0 saturated carbocycles. The topological polar surface area (TPSA) is 112 Å².